The minimum atomic E-state index is -0.356. The first-order chi connectivity index (χ1) is 10.5. The van der Waals surface area contributed by atoms with Gasteiger partial charge in [0.2, 0.25) is 0 Å². The van der Waals surface area contributed by atoms with Crippen LogP contribution in [0.25, 0.3) is 10.9 Å². The van der Waals surface area contributed by atoms with Gasteiger partial charge in [0, 0.05) is 28.1 Å². The molecule has 0 aliphatic carbocycles. The number of Topliss-reactive ketones (excluding diaryl/α,β-unsaturated/α-hetero) is 1. The molecule has 0 fully saturated rings. The smallest absolute Gasteiger partial charge is 0.155 e. The fourth-order valence-electron chi connectivity index (χ4n) is 2.94. The van der Waals surface area contributed by atoms with E-state index in [9.17, 15) is 4.79 Å². The maximum atomic E-state index is 12.9. The minimum absolute atomic E-state index is 0.103. The lowest BCUT2D eigenvalue weighted by Crippen LogP contribution is -2.51. The van der Waals surface area contributed by atoms with Gasteiger partial charge >= 0.3 is 0 Å². The number of carbonyl (C=O) groups excluding carboxylic acids is 1. The summed E-state index contributed by atoms with van der Waals surface area (Å²) in [7, 11) is 0. The summed E-state index contributed by atoms with van der Waals surface area (Å²) in [6, 6.07) is 6.23. The lowest BCUT2D eigenvalue weighted by molar-refractivity contribution is -0.128. The molecule has 1 aromatic heterocycles. The third-order valence-electron chi connectivity index (χ3n) is 4.01. The predicted molar refractivity (Wildman–Crippen MR) is 97.9 cm³/mol. The summed E-state index contributed by atoms with van der Waals surface area (Å²) in [5.41, 5.74) is 3.11. The molecule has 0 radical (unpaired) electrons. The zero-order chi connectivity index (χ0) is 17.4. The first-order valence-electron chi connectivity index (χ1n) is 8.36. The first kappa shape index (κ1) is 17.7. The van der Waals surface area contributed by atoms with E-state index in [1.54, 1.807) is 0 Å². The Hall–Kier alpha value is -1.61. The van der Waals surface area contributed by atoms with Gasteiger partial charge in [-0.25, -0.2) is 0 Å². The number of rotatable bonds is 4. The molecule has 1 aromatic carbocycles. The predicted octanol–water partition coefficient (Wildman–Crippen LogP) is 4.39. The number of aromatic nitrogens is 1. The van der Waals surface area contributed by atoms with Gasteiger partial charge in [-0.2, -0.15) is 0 Å². The van der Waals surface area contributed by atoms with Gasteiger partial charge in [0.25, 0.3) is 0 Å². The summed E-state index contributed by atoms with van der Waals surface area (Å²) in [4.78, 5) is 16.2. The van der Waals surface area contributed by atoms with Gasteiger partial charge in [0.15, 0.2) is 5.78 Å². The molecule has 2 rings (SSSR count). The fourth-order valence-corrected chi connectivity index (χ4v) is 2.94. The van der Waals surface area contributed by atoms with Crippen LogP contribution in [0.1, 0.15) is 52.7 Å². The van der Waals surface area contributed by atoms with E-state index in [2.05, 4.69) is 56.2 Å². The molecule has 23 heavy (non-hydrogen) atoms. The average Bonchev–Trinajstić information content (AvgIpc) is 2.76. The Balaban J connectivity index is 2.34. The Bertz CT molecular complexity index is 698. The van der Waals surface area contributed by atoms with Crippen LogP contribution >= 0.6 is 0 Å². The van der Waals surface area contributed by atoms with Gasteiger partial charge in [-0.3, -0.25) is 4.79 Å². The number of nitrogens with one attached hydrogen (secondary N) is 2. The van der Waals surface area contributed by atoms with E-state index in [0.717, 1.165) is 5.52 Å². The van der Waals surface area contributed by atoms with Gasteiger partial charge in [-0.1, -0.05) is 32.9 Å². The van der Waals surface area contributed by atoms with E-state index < -0.39 is 0 Å². The number of aromatic amines is 1. The molecule has 0 spiro atoms. The SMILES string of the molecule is Cc1ccc2c(C[C@H](NC(C)(C)C)C(=O)C(C)(C)C)c[nH]c2c1. The van der Waals surface area contributed by atoms with Crippen LogP contribution in [0.4, 0.5) is 0 Å². The summed E-state index contributed by atoms with van der Waals surface area (Å²) in [6.45, 7) is 14.4. The van der Waals surface area contributed by atoms with Crippen LogP contribution in [0.2, 0.25) is 0 Å². The van der Waals surface area contributed by atoms with E-state index in [4.69, 9.17) is 0 Å². The van der Waals surface area contributed by atoms with Crippen LogP contribution in [0, 0.1) is 12.3 Å². The normalized spacial score (nSPS) is 14.2. The standard InChI is InChI=1S/C20H30N2O/c1-13-8-9-15-14(12-21-16(15)10-13)11-17(22-20(5,6)7)18(23)19(2,3)4/h8-10,12,17,21-22H,11H2,1-7H3/t17-/m0/s1. The van der Waals surface area contributed by atoms with Crippen LogP contribution in [-0.2, 0) is 11.2 Å². The highest BCUT2D eigenvalue weighted by molar-refractivity contribution is 5.90. The molecule has 0 saturated heterocycles. The van der Waals surface area contributed by atoms with Crippen molar-refractivity contribution in [3.05, 3.63) is 35.5 Å². The second kappa shape index (κ2) is 6.12. The molecule has 0 unspecified atom stereocenters. The number of fused-ring (bicyclic) bond motifs is 1. The highest BCUT2D eigenvalue weighted by Crippen LogP contribution is 2.25. The molecule has 3 nitrogen and oxygen atoms in total. The number of aryl methyl sites for hydroxylation is 1. The third-order valence-corrected chi connectivity index (χ3v) is 4.01. The van der Waals surface area contributed by atoms with Crippen LogP contribution in [0.5, 0.6) is 0 Å². The van der Waals surface area contributed by atoms with E-state index >= 15 is 0 Å². The quantitative estimate of drug-likeness (QED) is 0.879. The number of hydrogen-bond donors (Lipinski definition) is 2. The molecule has 3 heteroatoms. The summed E-state index contributed by atoms with van der Waals surface area (Å²) < 4.78 is 0. The molecular weight excluding hydrogens is 284 g/mol. The summed E-state index contributed by atoms with van der Waals surface area (Å²) in [5.74, 6) is 0.258. The summed E-state index contributed by atoms with van der Waals surface area (Å²) in [6.07, 6.45) is 2.74. The largest absolute Gasteiger partial charge is 0.361 e. The Labute approximate surface area is 139 Å². The topological polar surface area (TPSA) is 44.9 Å². The number of carbonyl (C=O) groups is 1. The molecule has 2 aromatic rings. The van der Waals surface area contributed by atoms with Crippen molar-refractivity contribution in [2.75, 3.05) is 0 Å². The lowest BCUT2D eigenvalue weighted by Gasteiger charge is -2.31. The monoisotopic (exact) mass is 314 g/mol. The number of H-pyrrole nitrogens is 1. The third kappa shape index (κ3) is 4.44. The number of benzene rings is 1. The van der Waals surface area contributed by atoms with Crippen molar-refractivity contribution in [2.45, 2.75) is 66.5 Å². The maximum Gasteiger partial charge on any atom is 0.155 e. The van der Waals surface area contributed by atoms with Crippen molar-refractivity contribution in [1.82, 2.24) is 10.3 Å². The van der Waals surface area contributed by atoms with Gasteiger partial charge in [0.05, 0.1) is 6.04 Å². The molecule has 0 amide bonds. The van der Waals surface area contributed by atoms with Gasteiger partial charge in [-0.05, 0) is 51.3 Å². The molecule has 0 aliphatic heterocycles. The molecule has 0 bridgehead atoms. The van der Waals surface area contributed by atoms with Crippen molar-refractivity contribution in [3.63, 3.8) is 0 Å². The Morgan fingerprint density at radius 3 is 2.39 bits per heavy atom. The second-order valence-corrected chi connectivity index (χ2v) is 8.63. The van der Waals surface area contributed by atoms with Crippen molar-refractivity contribution >= 4 is 16.7 Å². The van der Waals surface area contributed by atoms with E-state index in [1.165, 1.54) is 16.5 Å². The van der Waals surface area contributed by atoms with Crippen molar-refractivity contribution in [1.29, 1.82) is 0 Å². The summed E-state index contributed by atoms with van der Waals surface area (Å²) in [5, 5.41) is 4.72. The minimum Gasteiger partial charge on any atom is -0.361 e. The molecule has 0 saturated carbocycles. The number of ketones is 1. The van der Waals surface area contributed by atoms with E-state index in [-0.39, 0.29) is 22.8 Å². The Kier molecular flexibility index (Phi) is 4.72. The van der Waals surface area contributed by atoms with Crippen molar-refractivity contribution < 1.29 is 4.79 Å². The van der Waals surface area contributed by atoms with Gasteiger partial charge in [-0.15, -0.1) is 0 Å². The molecule has 0 aliphatic rings. The fraction of sp³-hybridized carbons (Fsp3) is 0.550. The lowest BCUT2D eigenvalue weighted by atomic mass is 9.83. The first-order valence-corrected chi connectivity index (χ1v) is 8.36. The highest BCUT2D eigenvalue weighted by Gasteiger charge is 2.32. The Morgan fingerprint density at radius 1 is 1.17 bits per heavy atom. The Morgan fingerprint density at radius 2 is 1.83 bits per heavy atom. The molecule has 1 atom stereocenters. The van der Waals surface area contributed by atoms with Gasteiger partial charge in [0.1, 0.15) is 0 Å². The van der Waals surface area contributed by atoms with Crippen LogP contribution in [0.15, 0.2) is 24.4 Å². The van der Waals surface area contributed by atoms with Crippen LogP contribution in [-0.4, -0.2) is 22.3 Å². The molecule has 126 valence electrons. The van der Waals surface area contributed by atoms with Crippen LogP contribution < -0.4 is 5.32 Å². The van der Waals surface area contributed by atoms with Crippen molar-refractivity contribution in [3.8, 4) is 0 Å². The van der Waals surface area contributed by atoms with E-state index in [0.29, 0.717) is 6.42 Å². The number of hydrogen-bond acceptors (Lipinski definition) is 2. The molecule has 1 heterocycles. The van der Waals surface area contributed by atoms with Crippen LogP contribution in [0.3, 0.4) is 0 Å². The summed E-state index contributed by atoms with van der Waals surface area (Å²) >= 11 is 0. The average molecular weight is 314 g/mol. The van der Waals surface area contributed by atoms with Gasteiger partial charge < -0.3 is 10.3 Å². The zero-order valence-corrected chi connectivity index (χ0v) is 15.5. The maximum absolute atomic E-state index is 12.9. The van der Waals surface area contributed by atoms with E-state index in [1.807, 2.05) is 27.0 Å². The zero-order valence-electron chi connectivity index (χ0n) is 15.5. The van der Waals surface area contributed by atoms with Crippen molar-refractivity contribution in [2.24, 2.45) is 5.41 Å². The molecular formula is C20H30N2O. The second-order valence-electron chi connectivity index (χ2n) is 8.63. The molecule has 2 N–H and O–H groups in total. The highest BCUT2D eigenvalue weighted by atomic mass is 16.1.